The van der Waals surface area contributed by atoms with E-state index < -0.39 is 0 Å². The van der Waals surface area contributed by atoms with Crippen LogP contribution in [0, 0.1) is 0 Å². The van der Waals surface area contributed by atoms with E-state index in [4.69, 9.17) is 9.47 Å². The zero-order valence-corrected chi connectivity index (χ0v) is 14.4. The first-order valence-corrected chi connectivity index (χ1v) is 8.55. The summed E-state index contributed by atoms with van der Waals surface area (Å²) in [4.78, 5) is 12.2. The van der Waals surface area contributed by atoms with Crippen LogP contribution in [0.5, 0.6) is 11.5 Å². The molecule has 3 rings (SSSR count). The average Bonchev–Trinajstić information content (AvgIpc) is 2.68. The highest BCUT2D eigenvalue weighted by Crippen LogP contribution is 2.29. The molecule has 0 aromatic heterocycles. The van der Waals surface area contributed by atoms with Gasteiger partial charge in [0.2, 0.25) is 5.91 Å². The van der Waals surface area contributed by atoms with E-state index in [0.29, 0.717) is 24.7 Å². The van der Waals surface area contributed by atoms with Crippen LogP contribution in [-0.4, -0.2) is 12.5 Å². The minimum atomic E-state index is -0.109. The Morgan fingerprint density at radius 3 is 2.23 bits per heavy atom. The van der Waals surface area contributed by atoms with Crippen molar-refractivity contribution in [3.8, 4) is 11.5 Å². The molecule has 1 amide bonds. The van der Waals surface area contributed by atoms with Crippen LogP contribution in [0.3, 0.4) is 0 Å². The third-order valence-electron chi connectivity index (χ3n) is 3.72. The van der Waals surface area contributed by atoms with Gasteiger partial charge in [-0.1, -0.05) is 60.7 Å². The van der Waals surface area contributed by atoms with Crippen molar-refractivity contribution in [3.63, 3.8) is 0 Å². The van der Waals surface area contributed by atoms with Gasteiger partial charge >= 0.3 is 0 Å². The Kier molecular flexibility index (Phi) is 6.40. The van der Waals surface area contributed by atoms with Gasteiger partial charge in [0, 0.05) is 0 Å². The smallest absolute Gasteiger partial charge is 0.226 e. The van der Waals surface area contributed by atoms with Crippen molar-refractivity contribution in [1.82, 2.24) is 0 Å². The highest BCUT2D eigenvalue weighted by molar-refractivity contribution is 5.92. The van der Waals surface area contributed by atoms with E-state index in [2.05, 4.69) is 5.32 Å². The summed E-state index contributed by atoms with van der Waals surface area (Å²) in [7, 11) is 0. The Balaban J connectivity index is 1.49. The van der Waals surface area contributed by atoms with Crippen LogP contribution in [-0.2, 0) is 16.1 Å². The Morgan fingerprint density at radius 1 is 0.808 bits per heavy atom. The van der Waals surface area contributed by atoms with Crippen molar-refractivity contribution >= 4 is 11.6 Å². The number of nitrogens with one attached hydrogen (secondary N) is 1. The molecule has 4 heteroatoms. The monoisotopic (exact) mass is 347 g/mol. The summed E-state index contributed by atoms with van der Waals surface area (Å²) in [6.07, 6.45) is 0.284. The number of hydrogen-bond donors (Lipinski definition) is 1. The van der Waals surface area contributed by atoms with Crippen LogP contribution >= 0.6 is 0 Å². The molecule has 26 heavy (non-hydrogen) atoms. The summed E-state index contributed by atoms with van der Waals surface area (Å²) in [6.45, 7) is 0.865. The molecule has 0 heterocycles. The molecule has 3 aromatic carbocycles. The molecule has 0 saturated carbocycles. The van der Waals surface area contributed by atoms with Gasteiger partial charge in [0.05, 0.1) is 25.3 Å². The molecule has 0 radical (unpaired) electrons. The first kappa shape index (κ1) is 17.7. The van der Waals surface area contributed by atoms with Crippen molar-refractivity contribution in [1.29, 1.82) is 0 Å². The predicted molar refractivity (Wildman–Crippen MR) is 102 cm³/mol. The highest BCUT2D eigenvalue weighted by atomic mass is 16.5. The molecule has 0 fully saturated rings. The topological polar surface area (TPSA) is 47.6 Å². The summed E-state index contributed by atoms with van der Waals surface area (Å²) in [6, 6.07) is 26.7. The molecule has 0 aliphatic heterocycles. The maximum Gasteiger partial charge on any atom is 0.226 e. The molecular formula is C22H21NO3. The summed E-state index contributed by atoms with van der Waals surface area (Å²) in [5.74, 6) is 1.22. The number of para-hydroxylation sites is 3. The number of hydrogen-bond acceptors (Lipinski definition) is 3. The standard InChI is InChI=1S/C22H21NO3/c24-22(15-16-25-17-18-9-3-1-4-10-18)23-20-13-7-8-14-21(20)26-19-11-5-2-6-12-19/h1-14H,15-17H2,(H,23,24). The van der Waals surface area contributed by atoms with Gasteiger partial charge in [-0.05, 0) is 29.8 Å². The van der Waals surface area contributed by atoms with Crippen LogP contribution in [0.15, 0.2) is 84.9 Å². The average molecular weight is 347 g/mol. The minimum Gasteiger partial charge on any atom is -0.455 e. The van der Waals surface area contributed by atoms with Gasteiger partial charge in [-0.2, -0.15) is 0 Å². The van der Waals surface area contributed by atoms with Gasteiger partial charge in [-0.25, -0.2) is 0 Å². The van der Waals surface area contributed by atoms with Crippen molar-refractivity contribution in [3.05, 3.63) is 90.5 Å². The van der Waals surface area contributed by atoms with Gasteiger partial charge in [-0.3, -0.25) is 4.79 Å². The lowest BCUT2D eigenvalue weighted by molar-refractivity contribution is -0.117. The molecule has 0 saturated heterocycles. The Bertz CT molecular complexity index is 819. The third-order valence-corrected chi connectivity index (χ3v) is 3.72. The molecule has 132 valence electrons. The summed E-state index contributed by atoms with van der Waals surface area (Å²) in [5.41, 5.74) is 1.74. The molecule has 0 atom stereocenters. The van der Waals surface area contributed by atoms with Crippen molar-refractivity contribution in [2.75, 3.05) is 11.9 Å². The van der Waals surface area contributed by atoms with Gasteiger partial charge in [0.25, 0.3) is 0 Å². The second-order valence-electron chi connectivity index (χ2n) is 5.75. The second kappa shape index (κ2) is 9.39. The number of carbonyl (C=O) groups excluding carboxylic acids is 1. The molecule has 0 spiro atoms. The van der Waals surface area contributed by atoms with Crippen LogP contribution in [0.1, 0.15) is 12.0 Å². The first-order valence-electron chi connectivity index (χ1n) is 8.55. The first-order chi connectivity index (χ1) is 12.8. The van der Waals surface area contributed by atoms with Crippen LogP contribution in [0.4, 0.5) is 5.69 Å². The SMILES string of the molecule is O=C(CCOCc1ccccc1)Nc1ccccc1Oc1ccccc1. The highest BCUT2D eigenvalue weighted by Gasteiger charge is 2.08. The largest absolute Gasteiger partial charge is 0.455 e. The summed E-state index contributed by atoms with van der Waals surface area (Å²) >= 11 is 0. The van der Waals surface area contributed by atoms with Crippen LogP contribution < -0.4 is 10.1 Å². The minimum absolute atomic E-state index is 0.109. The van der Waals surface area contributed by atoms with Crippen molar-refractivity contribution in [2.24, 2.45) is 0 Å². The molecule has 3 aromatic rings. The Labute approximate surface area is 153 Å². The van der Waals surface area contributed by atoms with E-state index in [-0.39, 0.29) is 12.3 Å². The lowest BCUT2D eigenvalue weighted by atomic mass is 10.2. The van der Waals surface area contributed by atoms with Crippen LogP contribution in [0.25, 0.3) is 0 Å². The van der Waals surface area contributed by atoms with Gasteiger partial charge in [0.1, 0.15) is 5.75 Å². The lowest BCUT2D eigenvalue weighted by Gasteiger charge is -2.12. The molecule has 0 bridgehead atoms. The zero-order chi connectivity index (χ0) is 18.0. The summed E-state index contributed by atoms with van der Waals surface area (Å²) in [5, 5.41) is 2.89. The van der Waals surface area contributed by atoms with Crippen LogP contribution in [0.2, 0.25) is 0 Å². The molecular weight excluding hydrogens is 326 g/mol. The normalized spacial score (nSPS) is 10.3. The molecule has 0 aliphatic rings. The third kappa shape index (κ3) is 5.46. The van der Waals surface area contributed by atoms with Gasteiger partial charge in [0.15, 0.2) is 5.75 Å². The van der Waals surface area contributed by atoms with E-state index >= 15 is 0 Å². The predicted octanol–water partition coefficient (Wildman–Crippen LogP) is 5.02. The number of rotatable bonds is 8. The number of ether oxygens (including phenoxy) is 2. The maximum atomic E-state index is 12.2. The Morgan fingerprint density at radius 2 is 1.46 bits per heavy atom. The number of benzene rings is 3. The number of amides is 1. The van der Waals surface area contributed by atoms with Gasteiger partial charge in [-0.15, -0.1) is 0 Å². The van der Waals surface area contributed by atoms with Gasteiger partial charge < -0.3 is 14.8 Å². The molecule has 0 unspecified atom stereocenters. The lowest BCUT2D eigenvalue weighted by Crippen LogP contribution is -2.14. The molecule has 1 N–H and O–H groups in total. The van der Waals surface area contributed by atoms with E-state index in [1.807, 2.05) is 84.9 Å². The number of anilines is 1. The van der Waals surface area contributed by atoms with Crippen molar-refractivity contribution in [2.45, 2.75) is 13.0 Å². The van der Waals surface area contributed by atoms with E-state index in [0.717, 1.165) is 11.3 Å². The number of carbonyl (C=O) groups is 1. The Hall–Kier alpha value is -3.11. The second-order valence-corrected chi connectivity index (χ2v) is 5.75. The van der Waals surface area contributed by atoms with E-state index in [9.17, 15) is 4.79 Å². The van der Waals surface area contributed by atoms with Crippen molar-refractivity contribution < 1.29 is 14.3 Å². The molecule has 0 aliphatic carbocycles. The van der Waals surface area contributed by atoms with E-state index in [1.54, 1.807) is 0 Å². The summed E-state index contributed by atoms with van der Waals surface area (Å²) < 4.78 is 11.4. The molecule has 4 nitrogen and oxygen atoms in total. The zero-order valence-electron chi connectivity index (χ0n) is 14.4. The maximum absolute atomic E-state index is 12.2. The quantitative estimate of drug-likeness (QED) is 0.582. The van der Waals surface area contributed by atoms with E-state index in [1.165, 1.54) is 0 Å². The fourth-order valence-electron chi connectivity index (χ4n) is 2.42. The fraction of sp³-hybridized carbons (Fsp3) is 0.136. The fourth-order valence-corrected chi connectivity index (χ4v) is 2.42.